The van der Waals surface area contributed by atoms with Crippen LogP contribution >= 0.6 is 22.6 Å². The monoisotopic (exact) mass is 584 g/mol. The molecule has 0 spiro atoms. The molecule has 27 heavy (non-hydrogen) atoms. The average Bonchev–Trinajstić information content (AvgIpc) is 3.06. The second-order valence-corrected chi connectivity index (χ2v) is 11.7. The van der Waals surface area contributed by atoms with E-state index in [1.54, 1.807) is 7.11 Å². The molecule has 3 aromatic rings. The van der Waals surface area contributed by atoms with Crippen LogP contribution in [0.25, 0.3) is 21.9 Å². The van der Waals surface area contributed by atoms with Crippen molar-refractivity contribution in [2.45, 2.75) is 16.8 Å². The number of rotatable bonds is 2. The van der Waals surface area contributed by atoms with Gasteiger partial charge in [0.15, 0.2) is 0 Å². The fourth-order valence-electron chi connectivity index (χ4n) is 4.09. The average molecular weight is 584 g/mol. The Bertz CT molecular complexity index is 1040. The first-order valence-electron chi connectivity index (χ1n) is 9.16. The molecule has 0 unspecified atom stereocenters. The molecule has 5 heteroatoms. The number of aromatic hydroxyl groups is 1. The molecule has 1 fully saturated rings. The standard InChI is InChI=1S/C22H20I2NO2/c1-27-21-11-15-16(10-19(21)25-8-6-13(23)7-9-25)22-14-4-2-3-5-17(14)24-18(22)12-20(15)26/h2-5,10-13,26H,6-9H2,1H3/q-1. The van der Waals surface area contributed by atoms with Crippen molar-refractivity contribution < 1.29 is 31.0 Å². The Morgan fingerprint density at radius 3 is 2.63 bits per heavy atom. The molecule has 2 heterocycles. The second kappa shape index (κ2) is 6.99. The van der Waals surface area contributed by atoms with E-state index in [-0.39, 0.29) is 21.2 Å². The molecule has 1 N–H and O–H groups in total. The number of alkyl halides is 1. The molecule has 5 rings (SSSR count). The third-order valence-electron chi connectivity index (χ3n) is 5.48. The molecule has 140 valence electrons. The number of hydrogen-bond donors (Lipinski definition) is 1. The van der Waals surface area contributed by atoms with Crippen LogP contribution in [0.1, 0.15) is 12.8 Å². The van der Waals surface area contributed by atoms with Crippen molar-refractivity contribution in [1.29, 1.82) is 0 Å². The zero-order valence-corrected chi connectivity index (χ0v) is 19.3. The molecule has 0 radical (unpaired) electrons. The number of phenolic OH excluding ortho intramolecular Hbond substituents is 1. The van der Waals surface area contributed by atoms with Gasteiger partial charge in [0.25, 0.3) is 0 Å². The van der Waals surface area contributed by atoms with Gasteiger partial charge in [-0.2, -0.15) is 0 Å². The molecule has 0 aromatic heterocycles. The molecule has 3 nitrogen and oxygen atoms in total. The van der Waals surface area contributed by atoms with Crippen LogP contribution in [-0.2, 0) is 0 Å². The summed E-state index contributed by atoms with van der Waals surface area (Å²) in [7, 11) is 1.72. The van der Waals surface area contributed by atoms with Gasteiger partial charge in [0.1, 0.15) is 0 Å². The zero-order chi connectivity index (χ0) is 18.5. The van der Waals surface area contributed by atoms with E-state index in [9.17, 15) is 5.11 Å². The molecule has 0 saturated carbocycles. The maximum absolute atomic E-state index is 10.7. The summed E-state index contributed by atoms with van der Waals surface area (Å²) < 4.78 is 9.26. The molecule has 1 saturated heterocycles. The van der Waals surface area contributed by atoms with E-state index in [1.807, 2.05) is 12.1 Å². The van der Waals surface area contributed by atoms with Gasteiger partial charge in [-0.15, -0.1) is 0 Å². The molecule has 0 atom stereocenters. The van der Waals surface area contributed by atoms with Crippen LogP contribution in [-0.4, -0.2) is 29.2 Å². The van der Waals surface area contributed by atoms with Crippen LogP contribution in [0.2, 0.25) is 0 Å². The van der Waals surface area contributed by atoms with Crippen molar-refractivity contribution in [2.24, 2.45) is 0 Å². The van der Waals surface area contributed by atoms with E-state index in [1.165, 1.54) is 31.1 Å². The Hall–Kier alpha value is -1.22. The molecular formula is C22H20I2NO2-. The molecule has 2 aliphatic heterocycles. The molecule has 2 aliphatic rings. The van der Waals surface area contributed by atoms with Crippen molar-refractivity contribution in [3.8, 4) is 22.6 Å². The number of methoxy groups -OCH3 is 1. The Morgan fingerprint density at radius 1 is 1.07 bits per heavy atom. The number of halogens is 2. The van der Waals surface area contributed by atoms with Crippen LogP contribution in [0.3, 0.4) is 0 Å². The summed E-state index contributed by atoms with van der Waals surface area (Å²) in [6.07, 6.45) is 2.41. The fraction of sp³-hybridized carbons (Fsp3) is 0.273. The van der Waals surface area contributed by atoms with Crippen LogP contribution < -0.4 is 30.8 Å². The van der Waals surface area contributed by atoms with E-state index in [0.717, 1.165) is 39.2 Å². The van der Waals surface area contributed by atoms with Gasteiger partial charge in [0.2, 0.25) is 0 Å². The van der Waals surface area contributed by atoms with E-state index >= 15 is 0 Å². The van der Waals surface area contributed by atoms with Gasteiger partial charge in [-0.05, 0) is 0 Å². The molecule has 3 aromatic carbocycles. The van der Waals surface area contributed by atoms with Gasteiger partial charge in [0.05, 0.1) is 0 Å². The minimum atomic E-state index is -0.238. The van der Waals surface area contributed by atoms with Crippen molar-refractivity contribution in [2.75, 3.05) is 25.1 Å². The summed E-state index contributed by atoms with van der Waals surface area (Å²) in [5, 5.41) is 12.8. The van der Waals surface area contributed by atoms with Gasteiger partial charge in [-0.25, -0.2) is 0 Å². The van der Waals surface area contributed by atoms with Gasteiger partial charge in [0, 0.05) is 0 Å². The van der Waals surface area contributed by atoms with Crippen LogP contribution in [0, 0.1) is 7.14 Å². The number of nitrogens with zero attached hydrogens (tertiary/aromatic N) is 1. The number of fused-ring (bicyclic) bond motifs is 5. The van der Waals surface area contributed by atoms with E-state index in [4.69, 9.17) is 4.74 Å². The van der Waals surface area contributed by atoms with Crippen LogP contribution in [0.5, 0.6) is 11.5 Å². The van der Waals surface area contributed by atoms with Crippen molar-refractivity contribution >= 4 is 39.1 Å². The first-order valence-corrected chi connectivity index (χ1v) is 12.6. The fourth-order valence-corrected chi connectivity index (χ4v) is 7.70. The summed E-state index contributed by atoms with van der Waals surface area (Å²) >= 11 is 2.32. The first kappa shape index (κ1) is 17.8. The van der Waals surface area contributed by atoms with E-state index < -0.39 is 0 Å². The zero-order valence-electron chi connectivity index (χ0n) is 15.0. The summed E-state index contributed by atoms with van der Waals surface area (Å²) in [6.45, 7) is 2.11. The normalized spacial score (nSPS) is 16.7. The number of anilines is 1. The number of piperidine rings is 1. The number of benzene rings is 3. The Balaban J connectivity index is 1.74. The predicted molar refractivity (Wildman–Crippen MR) is 114 cm³/mol. The van der Waals surface area contributed by atoms with Crippen LogP contribution in [0.15, 0.2) is 42.5 Å². The summed E-state index contributed by atoms with van der Waals surface area (Å²) in [4.78, 5) is 2.44. The van der Waals surface area contributed by atoms with Gasteiger partial charge in [-0.1, -0.05) is 0 Å². The van der Waals surface area contributed by atoms with E-state index in [2.05, 4.69) is 57.8 Å². The van der Waals surface area contributed by atoms with E-state index in [0.29, 0.717) is 5.75 Å². The number of ether oxygens (including phenoxy) is 1. The predicted octanol–water partition coefficient (Wildman–Crippen LogP) is 2.07. The second-order valence-electron chi connectivity index (χ2n) is 7.06. The molecule has 0 aliphatic carbocycles. The van der Waals surface area contributed by atoms with Crippen molar-refractivity contribution in [3.05, 3.63) is 49.6 Å². The minimum absolute atomic E-state index is 0.238. The van der Waals surface area contributed by atoms with Crippen molar-refractivity contribution in [3.63, 3.8) is 0 Å². The van der Waals surface area contributed by atoms with Gasteiger partial charge < -0.3 is 0 Å². The Labute approximate surface area is 183 Å². The van der Waals surface area contributed by atoms with Gasteiger partial charge >= 0.3 is 184 Å². The number of phenols is 1. The summed E-state index contributed by atoms with van der Waals surface area (Å²) in [5.74, 6) is 1.22. The topological polar surface area (TPSA) is 32.7 Å². The van der Waals surface area contributed by atoms with Crippen molar-refractivity contribution in [1.82, 2.24) is 0 Å². The van der Waals surface area contributed by atoms with Crippen LogP contribution in [0.4, 0.5) is 5.69 Å². The third kappa shape index (κ3) is 2.97. The molecular weight excluding hydrogens is 564 g/mol. The van der Waals surface area contributed by atoms with Gasteiger partial charge in [-0.3, -0.25) is 0 Å². The summed E-state index contributed by atoms with van der Waals surface area (Å²) in [5.41, 5.74) is 3.81. The molecule has 0 amide bonds. The Morgan fingerprint density at radius 2 is 1.85 bits per heavy atom. The quantitative estimate of drug-likeness (QED) is 0.290. The SMILES string of the molecule is COc1cc2c(O)cc3c(c2cc1N1CCC(I)CC1)-c1ccccc1[I-]3. The molecule has 0 bridgehead atoms. The maximum atomic E-state index is 10.7. The summed E-state index contributed by atoms with van der Waals surface area (Å²) in [6, 6.07) is 15.0. The first-order chi connectivity index (χ1) is 13.2. The third-order valence-corrected chi connectivity index (χ3v) is 9.68. The number of hydrogen-bond acceptors (Lipinski definition) is 3. The Kier molecular flexibility index (Phi) is 4.62.